The highest BCUT2D eigenvalue weighted by molar-refractivity contribution is 5.94. The molecule has 202 valence electrons. The average Bonchev–Trinajstić information content (AvgIpc) is 3.25. The number of nitrogens with two attached hydrogens (primary N) is 2. The molecule has 0 bridgehead atoms. The van der Waals surface area contributed by atoms with Crippen LogP contribution in [0.3, 0.4) is 0 Å². The fourth-order valence-electron chi connectivity index (χ4n) is 3.54. The summed E-state index contributed by atoms with van der Waals surface area (Å²) in [6, 6.07) is 1.48. The Morgan fingerprint density at radius 2 is 1.65 bits per heavy atom. The van der Waals surface area contributed by atoms with Gasteiger partial charge in [-0.25, -0.2) is 4.79 Å². The topological polar surface area (TPSA) is 250 Å². The van der Waals surface area contributed by atoms with Gasteiger partial charge in [-0.15, -0.1) is 0 Å². The molecule has 5 unspecified atom stereocenters. The molecular weight excluding hydrogens is 488 g/mol. The number of nitrogens with one attached hydrogen (secondary N) is 4. The van der Waals surface area contributed by atoms with Gasteiger partial charge in [0.1, 0.15) is 18.1 Å². The van der Waals surface area contributed by atoms with E-state index in [1.165, 1.54) is 6.92 Å². The first kappa shape index (κ1) is 29.2. The Bertz CT molecular complexity index is 1130. The molecule has 4 amide bonds. The Morgan fingerprint density at radius 1 is 1.00 bits per heavy atom. The molecule has 37 heavy (non-hydrogen) atoms. The summed E-state index contributed by atoms with van der Waals surface area (Å²) in [5, 5.41) is 36.7. The van der Waals surface area contributed by atoms with E-state index in [9.17, 15) is 39.3 Å². The van der Waals surface area contributed by atoms with E-state index >= 15 is 0 Å². The lowest BCUT2D eigenvalue weighted by Gasteiger charge is -2.25. The van der Waals surface area contributed by atoms with Gasteiger partial charge < -0.3 is 47.7 Å². The second kappa shape index (κ2) is 13.3. The maximum Gasteiger partial charge on any atom is 0.326 e. The number of benzene rings is 1. The minimum atomic E-state index is -1.58. The van der Waals surface area contributed by atoms with Crippen molar-refractivity contribution in [2.45, 2.75) is 56.5 Å². The van der Waals surface area contributed by atoms with Crippen molar-refractivity contribution in [3.63, 3.8) is 0 Å². The monoisotopic (exact) mass is 520 g/mol. The summed E-state index contributed by atoms with van der Waals surface area (Å²) >= 11 is 0. The van der Waals surface area contributed by atoms with Crippen molar-refractivity contribution in [1.82, 2.24) is 20.9 Å². The maximum atomic E-state index is 12.7. The van der Waals surface area contributed by atoms with Gasteiger partial charge >= 0.3 is 5.97 Å². The van der Waals surface area contributed by atoms with Crippen LogP contribution >= 0.6 is 0 Å². The largest absolute Gasteiger partial charge is 0.480 e. The zero-order chi connectivity index (χ0) is 27.7. The quantitative estimate of drug-likeness (QED) is 0.125. The van der Waals surface area contributed by atoms with Crippen molar-refractivity contribution in [2.75, 3.05) is 6.61 Å². The summed E-state index contributed by atoms with van der Waals surface area (Å²) in [6.45, 7) is 0.310. The molecule has 0 aliphatic rings. The van der Waals surface area contributed by atoms with E-state index in [2.05, 4.69) is 20.9 Å². The van der Waals surface area contributed by atoms with Crippen LogP contribution in [-0.4, -0.2) is 86.8 Å². The van der Waals surface area contributed by atoms with Crippen molar-refractivity contribution >= 4 is 40.5 Å². The molecule has 14 nitrogen and oxygen atoms in total. The van der Waals surface area contributed by atoms with Crippen LogP contribution in [0.15, 0.2) is 30.5 Å². The van der Waals surface area contributed by atoms with Gasteiger partial charge in [-0.05, 0) is 25.0 Å². The normalized spacial score (nSPS) is 15.1. The number of hydrogen-bond donors (Lipinski definition) is 9. The molecule has 0 aliphatic heterocycles. The minimum absolute atomic E-state index is 0.0767. The molecule has 1 aromatic heterocycles. The first-order valence-electron chi connectivity index (χ1n) is 11.5. The third-order valence-corrected chi connectivity index (χ3v) is 5.63. The number of carbonyl (C=O) groups excluding carboxylic acids is 4. The van der Waals surface area contributed by atoms with E-state index in [4.69, 9.17) is 11.5 Å². The minimum Gasteiger partial charge on any atom is -0.480 e. The standard InChI is InChI=1S/C23H32N6O8/c1-11(31)19(29-20(33)14(24)6-7-18(25)32)22(35)28-17(10-30)21(34)27-16(23(36)37)8-12-9-26-15-5-3-2-4-13(12)15/h2-5,9,11,14,16-17,19,26,30-31H,6-8,10,24H2,1H3,(H2,25,32)(H,27,34)(H,28,35)(H,29,33)(H,36,37). The van der Waals surface area contributed by atoms with Crippen molar-refractivity contribution in [2.24, 2.45) is 11.5 Å². The number of carboxylic acid groups (broad SMARTS) is 1. The number of carbonyl (C=O) groups is 5. The average molecular weight is 521 g/mol. The van der Waals surface area contributed by atoms with Crippen molar-refractivity contribution in [3.8, 4) is 0 Å². The molecule has 1 heterocycles. The SMILES string of the molecule is CC(O)C(NC(=O)C(N)CCC(N)=O)C(=O)NC(CO)C(=O)NC(Cc1c[nH]c2ccccc12)C(=O)O. The van der Waals surface area contributed by atoms with Crippen molar-refractivity contribution < 1.29 is 39.3 Å². The van der Waals surface area contributed by atoms with Gasteiger partial charge in [-0.3, -0.25) is 19.2 Å². The number of aromatic amines is 1. The van der Waals surface area contributed by atoms with Gasteiger partial charge in [0.25, 0.3) is 0 Å². The Hall–Kier alpha value is -4.01. The molecule has 5 atom stereocenters. The van der Waals surface area contributed by atoms with Crippen molar-refractivity contribution in [1.29, 1.82) is 0 Å². The van der Waals surface area contributed by atoms with Crippen LogP contribution in [0.1, 0.15) is 25.3 Å². The number of aliphatic carboxylic acids is 1. The number of primary amides is 1. The third-order valence-electron chi connectivity index (χ3n) is 5.63. The molecule has 0 spiro atoms. The van der Waals surface area contributed by atoms with Crippen LogP contribution in [-0.2, 0) is 30.4 Å². The molecule has 0 fully saturated rings. The van der Waals surface area contributed by atoms with E-state index in [1.807, 2.05) is 12.1 Å². The Balaban J connectivity index is 2.05. The van der Waals surface area contributed by atoms with Crippen LogP contribution in [0.5, 0.6) is 0 Å². The predicted octanol–water partition coefficient (Wildman–Crippen LogP) is -2.78. The summed E-state index contributed by atoms with van der Waals surface area (Å²) in [7, 11) is 0. The van der Waals surface area contributed by atoms with E-state index in [1.54, 1.807) is 18.3 Å². The molecule has 0 radical (unpaired) electrons. The number of amides is 4. The number of rotatable bonds is 14. The molecule has 2 aromatic rings. The highest BCUT2D eigenvalue weighted by atomic mass is 16.4. The first-order valence-corrected chi connectivity index (χ1v) is 11.5. The van der Waals surface area contributed by atoms with Crippen LogP contribution in [0.4, 0.5) is 0 Å². The number of aliphatic hydroxyl groups is 2. The molecule has 2 rings (SSSR count). The van der Waals surface area contributed by atoms with Crippen LogP contribution in [0, 0.1) is 0 Å². The molecule has 11 N–H and O–H groups in total. The van der Waals surface area contributed by atoms with Gasteiger partial charge in [-0.2, -0.15) is 0 Å². The summed E-state index contributed by atoms with van der Waals surface area (Å²) in [6.07, 6.45) is -0.141. The summed E-state index contributed by atoms with van der Waals surface area (Å²) in [5.74, 6) is -4.87. The van der Waals surface area contributed by atoms with Gasteiger partial charge in [0.15, 0.2) is 0 Å². The zero-order valence-electron chi connectivity index (χ0n) is 20.1. The number of aliphatic hydroxyl groups excluding tert-OH is 2. The highest BCUT2D eigenvalue weighted by Crippen LogP contribution is 2.19. The lowest BCUT2D eigenvalue weighted by molar-refractivity contribution is -0.142. The number of aromatic nitrogens is 1. The molecule has 1 aromatic carbocycles. The number of hydrogen-bond acceptors (Lipinski definition) is 8. The second-order valence-electron chi connectivity index (χ2n) is 8.55. The fraction of sp³-hybridized carbons (Fsp3) is 0.435. The van der Waals surface area contributed by atoms with E-state index in [-0.39, 0.29) is 19.3 Å². The summed E-state index contributed by atoms with van der Waals surface area (Å²) in [5.41, 5.74) is 12.1. The van der Waals surface area contributed by atoms with Crippen LogP contribution in [0.25, 0.3) is 10.9 Å². The Kier molecular flexibility index (Phi) is 10.5. The van der Waals surface area contributed by atoms with E-state index in [0.717, 1.165) is 10.9 Å². The first-order chi connectivity index (χ1) is 17.4. The molecule has 0 aliphatic carbocycles. The third kappa shape index (κ3) is 8.27. The van der Waals surface area contributed by atoms with E-state index < -0.39 is 66.5 Å². The van der Waals surface area contributed by atoms with E-state index in [0.29, 0.717) is 5.56 Å². The van der Waals surface area contributed by atoms with Gasteiger partial charge in [-0.1, -0.05) is 18.2 Å². The smallest absolute Gasteiger partial charge is 0.326 e. The number of fused-ring (bicyclic) bond motifs is 1. The zero-order valence-corrected chi connectivity index (χ0v) is 20.1. The predicted molar refractivity (Wildman–Crippen MR) is 131 cm³/mol. The molecular formula is C23H32N6O8. The maximum absolute atomic E-state index is 12.7. The molecule has 14 heteroatoms. The van der Waals surface area contributed by atoms with Gasteiger partial charge in [0.05, 0.1) is 18.8 Å². The Morgan fingerprint density at radius 3 is 2.24 bits per heavy atom. The van der Waals surface area contributed by atoms with Crippen LogP contribution < -0.4 is 27.4 Å². The Labute approximate surface area is 211 Å². The lowest BCUT2D eigenvalue weighted by Crippen LogP contribution is -2.60. The second-order valence-corrected chi connectivity index (χ2v) is 8.55. The summed E-state index contributed by atoms with van der Waals surface area (Å²) in [4.78, 5) is 63.4. The number of carboxylic acids is 1. The molecule has 0 saturated carbocycles. The number of H-pyrrole nitrogens is 1. The van der Waals surface area contributed by atoms with Crippen molar-refractivity contribution in [3.05, 3.63) is 36.0 Å². The van der Waals surface area contributed by atoms with Gasteiger partial charge in [0, 0.05) is 29.9 Å². The fourth-order valence-corrected chi connectivity index (χ4v) is 3.54. The number of para-hydroxylation sites is 1. The lowest BCUT2D eigenvalue weighted by atomic mass is 10.0. The van der Waals surface area contributed by atoms with Crippen LogP contribution in [0.2, 0.25) is 0 Å². The highest BCUT2D eigenvalue weighted by Gasteiger charge is 2.32. The molecule has 0 saturated heterocycles. The van der Waals surface area contributed by atoms with Gasteiger partial charge in [0.2, 0.25) is 23.6 Å². The summed E-state index contributed by atoms with van der Waals surface area (Å²) < 4.78 is 0.